The Morgan fingerprint density at radius 1 is 1.10 bits per heavy atom. The zero-order valence-electron chi connectivity index (χ0n) is 11.6. The van der Waals surface area contributed by atoms with E-state index in [4.69, 9.17) is 5.73 Å². The third-order valence-corrected chi connectivity index (χ3v) is 4.40. The van der Waals surface area contributed by atoms with Crippen molar-refractivity contribution in [1.29, 1.82) is 0 Å². The standard InChI is InChI=1S/C16H22F3N/c17-16(18,19)14-9-5-4-8-13(14)15(20)11-10-12-6-2-1-3-7-12/h1-3,6-7,13-15H,4-5,8-11,20H2. The molecule has 0 radical (unpaired) electrons. The maximum Gasteiger partial charge on any atom is 0.392 e. The van der Waals surface area contributed by atoms with Crippen molar-refractivity contribution < 1.29 is 13.2 Å². The minimum atomic E-state index is -4.10. The topological polar surface area (TPSA) is 26.0 Å². The molecule has 20 heavy (non-hydrogen) atoms. The number of aryl methyl sites for hydroxylation is 1. The van der Waals surface area contributed by atoms with Crippen molar-refractivity contribution in [2.75, 3.05) is 0 Å². The molecule has 1 nitrogen and oxygen atoms in total. The Morgan fingerprint density at radius 3 is 2.40 bits per heavy atom. The molecule has 0 spiro atoms. The van der Waals surface area contributed by atoms with E-state index in [0.29, 0.717) is 19.3 Å². The second kappa shape index (κ2) is 6.61. The molecular weight excluding hydrogens is 263 g/mol. The minimum Gasteiger partial charge on any atom is -0.327 e. The van der Waals surface area contributed by atoms with Crippen LogP contribution in [-0.4, -0.2) is 12.2 Å². The summed E-state index contributed by atoms with van der Waals surface area (Å²) in [6, 6.07) is 9.45. The van der Waals surface area contributed by atoms with Crippen molar-refractivity contribution in [2.24, 2.45) is 17.6 Å². The molecule has 1 aromatic carbocycles. The largest absolute Gasteiger partial charge is 0.392 e. The number of hydrogen-bond donors (Lipinski definition) is 1. The Bertz CT molecular complexity index is 402. The van der Waals surface area contributed by atoms with E-state index in [0.717, 1.165) is 18.4 Å². The monoisotopic (exact) mass is 285 g/mol. The highest BCUT2D eigenvalue weighted by molar-refractivity contribution is 5.14. The lowest BCUT2D eigenvalue weighted by Gasteiger charge is -2.36. The quantitative estimate of drug-likeness (QED) is 0.876. The predicted octanol–water partition coefficient (Wildman–Crippen LogP) is 4.32. The van der Waals surface area contributed by atoms with Gasteiger partial charge in [-0.3, -0.25) is 0 Å². The smallest absolute Gasteiger partial charge is 0.327 e. The van der Waals surface area contributed by atoms with E-state index in [1.54, 1.807) is 0 Å². The molecule has 3 atom stereocenters. The summed E-state index contributed by atoms with van der Waals surface area (Å²) in [6.45, 7) is 0. The van der Waals surface area contributed by atoms with Gasteiger partial charge in [0.1, 0.15) is 0 Å². The number of nitrogens with two attached hydrogens (primary N) is 1. The highest BCUT2D eigenvalue weighted by atomic mass is 19.4. The number of alkyl halides is 3. The SMILES string of the molecule is NC(CCc1ccccc1)C1CCCCC1C(F)(F)F. The lowest BCUT2D eigenvalue weighted by Crippen LogP contribution is -2.43. The molecule has 0 heterocycles. The Labute approximate surface area is 118 Å². The van der Waals surface area contributed by atoms with Crippen LogP contribution in [0.1, 0.15) is 37.7 Å². The average molecular weight is 285 g/mol. The first-order valence-electron chi connectivity index (χ1n) is 7.34. The molecule has 3 unspecified atom stereocenters. The van der Waals surface area contributed by atoms with Crippen LogP contribution in [0.25, 0.3) is 0 Å². The molecule has 1 aliphatic rings. The number of rotatable bonds is 4. The Hall–Kier alpha value is -1.03. The molecule has 0 bridgehead atoms. The molecular formula is C16H22F3N. The fourth-order valence-corrected chi connectivity index (χ4v) is 3.27. The molecule has 1 aliphatic carbocycles. The molecule has 1 aromatic rings. The van der Waals surface area contributed by atoms with Crippen LogP contribution in [0.4, 0.5) is 13.2 Å². The van der Waals surface area contributed by atoms with Gasteiger partial charge < -0.3 is 5.73 Å². The minimum absolute atomic E-state index is 0.243. The van der Waals surface area contributed by atoms with Gasteiger partial charge in [-0.05, 0) is 37.2 Å². The summed E-state index contributed by atoms with van der Waals surface area (Å²) in [7, 11) is 0. The van der Waals surface area contributed by atoms with E-state index in [-0.39, 0.29) is 12.5 Å². The molecule has 1 saturated carbocycles. The summed E-state index contributed by atoms with van der Waals surface area (Å²) in [5.41, 5.74) is 7.22. The van der Waals surface area contributed by atoms with Crippen LogP contribution in [0, 0.1) is 11.8 Å². The molecule has 1 fully saturated rings. The number of hydrogen-bond acceptors (Lipinski definition) is 1. The maximum atomic E-state index is 13.1. The van der Waals surface area contributed by atoms with Crippen molar-refractivity contribution >= 4 is 0 Å². The van der Waals surface area contributed by atoms with Crippen molar-refractivity contribution in [1.82, 2.24) is 0 Å². The number of benzene rings is 1. The second-order valence-corrected chi connectivity index (χ2v) is 5.78. The van der Waals surface area contributed by atoms with Gasteiger partial charge in [0.15, 0.2) is 0 Å². The maximum absolute atomic E-state index is 13.1. The first-order valence-corrected chi connectivity index (χ1v) is 7.34. The molecule has 4 heteroatoms. The first-order chi connectivity index (χ1) is 9.48. The average Bonchev–Trinajstić information content (AvgIpc) is 2.45. The van der Waals surface area contributed by atoms with E-state index in [1.807, 2.05) is 30.3 Å². The van der Waals surface area contributed by atoms with Crippen molar-refractivity contribution in [2.45, 2.75) is 50.7 Å². The van der Waals surface area contributed by atoms with E-state index >= 15 is 0 Å². The summed E-state index contributed by atoms with van der Waals surface area (Å²) >= 11 is 0. The van der Waals surface area contributed by atoms with Gasteiger partial charge in [0, 0.05) is 6.04 Å². The van der Waals surface area contributed by atoms with Crippen LogP contribution < -0.4 is 5.73 Å². The third-order valence-electron chi connectivity index (χ3n) is 4.40. The second-order valence-electron chi connectivity index (χ2n) is 5.78. The Morgan fingerprint density at radius 2 is 1.75 bits per heavy atom. The molecule has 2 rings (SSSR count). The molecule has 0 aromatic heterocycles. The van der Waals surface area contributed by atoms with Gasteiger partial charge >= 0.3 is 6.18 Å². The Kier molecular flexibility index (Phi) is 5.08. The van der Waals surface area contributed by atoms with Gasteiger partial charge in [-0.25, -0.2) is 0 Å². The van der Waals surface area contributed by atoms with Crippen LogP contribution in [0.3, 0.4) is 0 Å². The van der Waals surface area contributed by atoms with Crippen LogP contribution in [0.5, 0.6) is 0 Å². The van der Waals surface area contributed by atoms with E-state index in [2.05, 4.69) is 0 Å². The number of halogens is 3. The Balaban J connectivity index is 1.94. The van der Waals surface area contributed by atoms with E-state index in [9.17, 15) is 13.2 Å². The normalized spacial score (nSPS) is 25.4. The van der Waals surface area contributed by atoms with Crippen LogP contribution in [-0.2, 0) is 6.42 Å². The van der Waals surface area contributed by atoms with Crippen LogP contribution in [0.15, 0.2) is 30.3 Å². The van der Waals surface area contributed by atoms with Gasteiger partial charge in [-0.15, -0.1) is 0 Å². The summed E-state index contributed by atoms with van der Waals surface area (Å²) in [4.78, 5) is 0. The van der Waals surface area contributed by atoms with Gasteiger partial charge in [-0.1, -0.05) is 43.2 Å². The zero-order valence-corrected chi connectivity index (χ0v) is 11.6. The molecule has 0 saturated heterocycles. The lowest BCUT2D eigenvalue weighted by molar-refractivity contribution is -0.198. The molecule has 0 amide bonds. The lowest BCUT2D eigenvalue weighted by atomic mass is 9.74. The van der Waals surface area contributed by atoms with Crippen molar-refractivity contribution in [3.8, 4) is 0 Å². The van der Waals surface area contributed by atoms with Crippen LogP contribution >= 0.6 is 0 Å². The fourth-order valence-electron chi connectivity index (χ4n) is 3.27. The van der Waals surface area contributed by atoms with Gasteiger partial charge in [0.2, 0.25) is 0 Å². The zero-order chi connectivity index (χ0) is 14.6. The summed E-state index contributed by atoms with van der Waals surface area (Å²) in [5, 5.41) is 0. The van der Waals surface area contributed by atoms with Gasteiger partial charge in [0.05, 0.1) is 5.92 Å². The summed E-state index contributed by atoms with van der Waals surface area (Å²) in [5.74, 6) is -1.62. The van der Waals surface area contributed by atoms with Crippen molar-refractivity contribution in [3.63, 3.8) is 0 Å². The van der Waals surface area contributed by atoms with Gasteiger partial charge in [0.25, 0.3) is 0 Å². The van der Waals surface area contributed by atoms with Crippen molar-refractivity contribution in [3.05, 3.63) is 35.9 Å². The predicted molar refractivity (Wildman–Crippen MR) is 74.2 cm³/mol. The third kappa shape index (κ3) is 3.98. The van der Waals surface area contributed by atoms with E-state index < -0.39 is 18.0 Å². The molecule has 0 aliphatic heterocycles. The summed E-state index contributed by atoms with van der Waals surface area (Å²) < 4.78 is 39.2. The first kappa shape index (κ1) is 15.4. The highest BCUT2D eigenvalue weighted by Gasteiger charge is 2.46. The molecule has 2 N–H and O–H groups in total. The van der Waals surface area contributed by atoms with E-state index in [1.165, 1.54) is 0 Å². The fraction of sp³-hybridized carbons (Fsp3) is 0.625. The van der Waals surface area contributed by atoms with Gasteiger partial charge in [-0.2, -0.15) is 13.2 Å². The summed E-state index contributed by atoms with van der Waals surface area (Å²) in [6.07, 6.45) is -0.324. The highest BCUT2D eigenvalue weighted by Crippen LogP contribution is 2.43. The van der Waals surface area contributed by atoms with Crippen LogP contribution in [0.2, 0.25) is 0 Å². The molecule has 112 valence electrons.